The fourth-order valence-electron chi connectivity index (χ4n) is 1.63. The van der Waals surface area contributed by atoms with E-state index in [-0.39, 0.29) is 17.3 Å². The Hall–Kier alpha value is -2.18. The van der Waals surface area contributed by atoms with Gasteiger partial charge in [-0.05, 0) is 24.3 Å². The lowest BCUT2D eigenvalue weighted by Crippen LogP contribution is -2.00. The zero-order valence-corrected chi connectivity index (χ0v) is 10.9. The van der Waals surface area contributed by atoms with Crippen molar-refractivity contribution < 1.29 is 14.1 Å². The van der Waals surface area contributed by atoms with Crippen LogP contribution >= 0.6 is 11.6 Å². The van der Waals surface area contributed by atoms with Gasteiger partial charge in [-0.1, -0.05) is 11.6 Å². The minimum Gasteiger partial charge on any atom is -0.457 e. The smallest absolute Gasteiger partial charge is 0.288 e. The van der Waals surface area contributed by atoms with E-state index in [0.717, 1.165) is 0 Å². The summed E-state index contributed by atoms with van der Waals surface area (Å²) in [4.78, 5) is 10.1. The Bertz CT molecular complexity index is 664. The Morgan fingerprint density at radius 2 is 2.05 bits per heavy atom. The monoisotopic (exact) mass is 296 g/mol. The molecule has 0 radical (unpaired) electrons. The van der Waals surface area contributed by atoms with Gasteiger partial charge in [-0.15, -0.1) is 0 Å². The Morgan fingerprint density at radius 3 is 2.65 bits per heavy atom. The Morgan fingerprint density at radius 1 is 1.30 bits per heavy atom. The summed E-state index contributed by atoms with van der Waals surface area (Å²) in [5.74, 6) is 0.264. The molecule has 0 bridgehead atoms. The lowest BCUT2D eigenvalue weighted by Gasteiger charge is -2.10. The molecule has 2 N–H and O–H groups in total. The van der Waals surface area contributed by atoms with Crippen LogP contribution in [0.5, 0.6) is 11.5 Å². The lowest BCUT2D eigenvalue weighted by atomic mass is 10.2. The first-order chi connectivity index (χ1) is 9.51. The average Bonchev–Trinajstić information content (AvgIpc) is 2.40. The number of nitrogens with two attached hydrogens (primary N) is 1. The van der Waals surface area contributed by atoms with E-state index in [2.05, 4.69) is 0 Å². The molecule has 7 heteroatoms. The first-order valence-corrected chi connectivity index (χ1v) is 5.99. The van der Waals surface area contributed by atoms with Crippen LogP contribution in [0.15, 0.2) is 36.4 Å². The number of benzene rings is 2. The molecule has 0 saturated carbocycles. The molecule has 0 aliphatic heterocycles. The number of halogens is 2. The number of nitro benzene ring substituents is 1. The third-order valence-electron chi connectivity index (χ3n) is 2.59. The third-order valence-corrected chi connectivity index (χ3v) is 2.89. The summed E-state index contributed by atoms with van der Waals surface area (Å²) < 4.78 is 18.6. The van der Waals surface area contributed by atoms with Gasteiger partial charge in [0.15, 0.2) is 0 Å². The highest BCUT2D eigenvalue weighted by atomic mass is 35.5. The van der Waals surface area contributed by atoms with E-state index in [1.165, 1.54) is 36.4 Å². The second kappa shape index (κ2) is 5.85. The van der Waals surface area contributed by atoms with Crippen LogP contribution in [0.25, 0.3) is 0 Å². The maximum atomic E-state index is 13.1. The van der Waals surface area contributed by atoms with Gasteiger partial charge in [0.05, 0.1) is 4.92 Å². The zero-order chi connectivity index (χ0) is 14.7. The first kappa shape index (κ1) is 14.2. The molecule has 2 aromatic rings. The highest BCUT2D eigenvalue weighted by molar-refractivity contribution is 6.32. The van der Waals surface area contributed by atoms with E-state index in [1.54, 1.807) is 0 Å². The van der Waals surface area contributed by atoms with E-state index in [0.29, 0.717) is 17.1 Å². The van der Waals surface area contributed by atoms with Gasteiger partial charge in [0.1, 0.15) is 22.3 Å². The quantitative estimate of drug-likeness (QED) is 0.690. The largest absolute Gasteiger partial charge is 0.457 e. The molecule has 0 unspecified atom stereocenters. The van der Waals surface area contributed by atoms with Crippen LogP contribution in [0.2, 0.25) is 5.02 Å². The molecule has 0 atom stereocenters. The normalized spacial score (nSPS) is 10.3. The number of hydrogen-bond donors (Lipinski definition) is 1. The predicted octanol–water partition coefficient (Wildman–Crippen LogP) is 3.64. The average molecular weight is 297 g/mol. The molecule has 2 aromatic carbocycles. The lowest BCUT2D eigenvalue weighted by molar-refractivity contribution is -0.384. The van der Waals surface area contributed by atoms with Gasteiger partial charge in [0, 0.05) is 24.2 Å². The summed E-state index contributed by atoms with van der Waals surface area (Å²) >= 11 is 5.78. The van der Waals surface area contributed by atoms with E-state index in [9.17, 15) is 14.5 Å². The van der Waals surface area contributed by atoms with Gasteiger partial charge < -0.3 is 10.5 Å². The SMILES string of the molecule is NCc1cc(F)ccc1Oc1ccc([N+](=O)[O-])c(Cl)c1. The Labute approximate surface area is 118 Å². The van der Waals surface area contributed by atoms with E-state index < -0.39 is 10.7 Å². The molecule has 0 fully saturated rings. The highest BCUT2D eigenvalue weighted by Crippen LogP contribution is 2.32. The summed E-state index contributed by atoms with van der Waals surface area (Å²) in [7, 11) is 0. The molecule has 5 nitrogen and oxygen atoms in total. The van der Waals surface area contributed by atoms with Crippen LogP contribution < -0.4 is 10.5 Å². The van der Waals surface area contributed by atoms with Gasteiger partial charge in [-0.2, -0.15) is 0 Å². The third kappa shape index (κ3) is 3.04. The number of hydrogen-bond acceptors (Lipinski definition) is 4. The van der Waals surface area contributed by atoms with Crippen LogP contribution in [0.1, 0.15) is 5.56 Å². The number of nitro groups is 1. The van der Waals surface area contributed by atoms with Crippen molar-refractivity contribution in [1.29, 1.82) is 0 Å². The minimum absolute atomic E-state index is 0.0380. The van der Waals surface area contributed by atoms with Crippen LogP contribution in [-0.2, 0) is 6.54 Å². The second-order valence-corrected chi connectivity index (χ2v) is 4.34. The zero-order valence-electron chi connectivity index (χ0n) is 10.2. The molecule has 0 spiro atoms. The van der Waals surface area contributed by atoms with Crippen molar-refractivity contribution in [3.05, 3.63) is 62.9 Å². The van der Waals surface area contributed by atoms with Crippen molar-refractivity contribution in [2.75, 3.05) is 0 Å². The highest BCUT2D eigenvalue weighted by Gasteiger charge is 2.13. The standard InChI is InChI=1S/C13H10ClFN2O3/c14-11-6-10(2-3-12(11)17(18)19)20-13-4-1-9(15)5-8(13)7-16/h1-6H,7,16H2. The van der Waals surface area contributed by atoms with Crippen molar-refractivity contribution in [2.45, 2.75) is 6.54 Å². The molecule has 0 saturated heterocycles. The molecule has 0 heterocycles. The van der Waals surface area contributed by atoms with Crippen molar-refractivity contribution in [1.82, 2.24) is 0 Å². The molecular weight excluding hydrogens is 287 g/mol. The van der Waals surface area contributed by atoms with E-state index >= 15 is 0 Å². The number of ether oxygens (including phenoxy) is 1. The first-order valence-electron chi connectivity index (χ1n) is 5.61. The number of nitrogens with zero attached hydrogens (tertiary/aromatic N) is 1. The molecule has 0 aromatic heterocycles. The van der Waals surface area contributed by atoms with Gasteiger partial charge in [-0.3, -0.25) is 10.1 Å². The number of rotatable bonds is 4. The van der Waals surface area contributed by atoms with Gasteiger partial charge >= 0.3 is 0 Å². The van der Waals surface area contributed by atoms with E-state index in [4.69, 9.17) is 22.1 Å². The molecule has 20 heavy (non-hydrogen) atoms. The molecular formula is C13H10ClFN2O3. The van der Waals surface area contributed by atoms with Gasteiger partial charge in [0.2, 0.25) is 0 Å². The van der Waals surface area contributed by atoms with Crippen LogP contribution in [0, 0.1) is 15.9 Å². The van der Waals surface area contributed by atoms with Crippen LogP contribution in [0.4, 0.5) is 10.1 Å². The van der Waals surface area contributed by atoms with Gasteiger partial charge in [-0.25, -0.2) is 4.39 Å². The topological polar surface area (TPSA) is 78.4 Å². The fraction of sp³-hybridized carbons (Fsp3) is 0.0769. The van der Waals surface area contributed by atoms with Crippen LogP contribution in [-0.4, -0.2) is 4.92 Å². The van der Waals surface area contributed by atoms with Crippen LogP contribution in [0.3, 0.4) is 0 Å². The Balaban J connectivity index is 2.31. The van der Waals surface area contributed by atoms with Crippen molar-refractivity contribution in [2.24, 2.45) is 5.73 Å². The summed E-state index contributed by atoms with van der Waals surface area (Å²) in [6.45, 7) is 0.105. The molecule has 0 aliphatic rings. The van der Waals surface area contributed by atoms with Crippen molar-refractivity contribution in [3.8, 4) is 11.5 Å². The summed E-state index contributed by atoms with van der Waals surface area (Å²) in [5, 5.41) is 10.6. The van der Waals surface area contributed by atoms with Gasteiger partial charge in [0.25, 0.3) is 5.69 Å². The fourth-order valence-corrected chi connectivity index (χ4v) is 1.87. The summed E-state index contributed by atoms with van der Waals surface area (Å²) in [6, 6.07) is 7.91. The van der Waals surface area contributed by atoms with Crippen molar-refractivity contribution in [3.63, 3.8) is 0 Å². The molecule has 2 rings (SSSR count). The summed E-state index contributed by atoms with van der Waals surface area (Å²) in [6.07, 6.45) is 0. The van der Waals surface area contributed by atoms with E-state index in [1.807, 2.05) is 0 Å². The Kier molecular flexibility index (Phi) is 4.16. The molecule has 0 amide bonds. The predicted molar refractivity (Wildman–Crippen MR) is 72.5 cm³/mol. The minimum atomic E-state index is -0.588. The maximum absolute atomic E-state index is 13.1. The molecule has 0 aliphatic carbocycles. The second-order valence-electron chi connectivity index (χ2n) is 3.93. The van der Waals surface area contributed by atoms with Crippen molar-refractivity contribution >= 4 is 17.3 Å². The summed E-state index contributed by atoms with van der Waals surface area (Å²) in [5.41, 5.74) is 5.78. The maximum Gasteiger partial charge on any atom is 0.288 e. The molecule has 104 valence electrons.